The molecule has 1 fully saturated rings. The number of nitrogens with one attached hydrogen (secondary N) is 1. The third-order valence-electron chi connectivity index (χ3n) is 3.48. The summed E-state index contributed by atoms with van der Waals surface area (Å²) >= 11 is 0. The highest BCUT2D eigenvalue weighted by atomic mass is 16.5. The summed E-state index contributed by atoms with van der Waals surface area (Å²) in [6, 6.07) is 4.78. The van der Waals surface area contributed by atoms with Crippen molar-refractivity contribution in [1.29, 1.82) is 0 Å². The minimum atomic E-state index is -0.0895. The number of phenolic OH excluding ortho intramolecular Hbond substituents is 1. The van der Waals surface area contributed by atoms with Crippen LogP contribution in [0.4, 0.5) is 0 Å². The maximum absolute atomic E-state index is 12.0. The van der Waals surface area contributed by atoms with E-state index < -0.39 is 0 Å². The Morgan fingerprint density at radius 3 is 3.00 bits per heavy atom. The van der Waals surface area contributed by atoms with Gasteiger partial charge < -0.3 is 15.2 Å². The highest BCUT2D eigenvalue weighted by Crippen LogP contribution is 2.16. The fraction of sp³-hybridized carbons (Fsp3) is 0.533. The highest BCUT2D eigenvalue weighted by Gasteiger charge is 2.14. The van der Waals surface area contributed by atoms with Crippen molar-refractivity contribution in [2.45, 2.75) is 38.7 Å². The van der Waals surface area contributed by atoms with Gasteiger partial charge in [0.25, 0.3) is 5.91 Å². The minimum Gasteiger partial charge on any atom is -0.508 e. The summed E-state index contributed by atoms with van der Waals surface area (Å²) in [6.45, 7) is 3.29. The summed E-state index contributed by atoms with van der Waals surface area (Å²) in [5, 5.41) is 12.2. The standard InChI is InChI=1S/C15H21NO3/c1-11-10-12(17)5-6-14(11)15(18)16-8-7-13-4-2-3-9-19-13/h5-6,10,13,17H,2-4,7-9H2,1H3,(H,16,18). The van der Waals surface area contributed by atoms with E-state index in [2.05, 4.69) is 5.32 Å². The maximum atomic E-state index is 12.0. The molecule has 0 aromatic heterocycles. The summed E-state index contributed by atoms with van der Waals surface area (Å²) in [5.74, 6) is 0.0953. The molecule has 1 aliphatic rings. The van der Waals surface area contributed by atoms with E-state index in [1.54, 1.807) is 12.1 Å². The molecule has 1 atom stereocenters. The Morgan fingerprint density at radius 2 is 2.32 bits per heavy atom. The van der Waals surface area contributed by atoms with E-state index in [9.17, 15) is 9.90 Å². The average molecular weight is 263 g/mol. The molecular weight excluding hydrogens is 242 g/mol. The van der Waals surface area contributed by atoms with E-state index in [1.807, 2.05) is 6.92 Å². The molecule has 4 heteroatoms. The van der Waals surface area contributed by atoms with Gasteiger partial charge in [-0.25, -0.2) is 0 Å². The van der Waals surface area contributed by atoms with Gasteiger partial charge in [0.05, 0.1) is 6.10 Å². The van der Waals surface area contributed by atoms with Gasteiger partial charge in [0.2, 0.25) is 0 Å². The second-order valence-corrected chi connectivity index (χ2v) is 5.03. The van der Waals surface area contributed by atoms with Crippen LogP contribution in [-0.2, 0) is 4.74 Å². The monoisotopic (exact) mass is 263 g/mol. The third kappa shape index (κ3) is 3.96. The molecule has 2 N–H and O–H groups in total. The third-order valence-corrected chi connectivity index (χ3v) is 3.48. The first-order valence-electron chi connectivity index (χ1n) is 6.86. The largest absolute Gasteiger partial charge is 0.508 e. The zero-order valence-corrected chi connectivity index (χ0v) is 11.3. The van der Waals surface area contributed by atoms with Crippen LogP contribution in [0.25, 0.3) is 0 Å². The predicted molar refractivity (Wildman–Crippen MR) is 73.4 cm³/mol. The molecule has 1 aromatic rings. The van der Waals surface area contributed by atoms with Crippen LogP contribution in [0.15, 0.2) is 18.2 Å². The van der Waals surface area contributed by atoms with Crippen molar-refractivity contribution in [2.24, 2.45) is 0 Å². The fourth-order valence-corrected chi connectivity index (χ4v) is 2.38. The summed E-state index contributed by atoms with van der Waals surface area (Å²) in [4.78, 5) is 12.0. The molecule has 1 aliphatic heterocycles. The molecule has 1 saturated heterocycles. The molecule has 0 radical (unpaired) electrons. The zero-order valence-electron chi connectivity index (χ0n) is 11.3. The first-order valence-corrected chi connectivity index (χ1v) is 6.86. The van der Waals surface area contributed by atoms with Gasteiger partial charge in [-0.05, 0) is 56.4 Å². The predicted octanol–water partition coefficient (Wildman–Crippen LogP) is 2.39. The molecular formula is C15H21NO3. The lowest BCUT2D eigenvalue weighted by Crippen LogP contribution is -2.29. The van der Waals surface area contributed by atoms with Crippen molar-refractivity contribution >= 4 is 5.91 Å². The SMILES string of the molecule is Cc1cc(O)ccc1C(=O)NCCC1CCCCO1. The number of ether oxygens (including phenoxy) is 1. The topological polar surface area (TPSA) is 58.6 Å². The molecule has 1 aromatic carbocycles. The minimum absolute atomic E-state index is 0.0895. The number of amides is 1. The van der Waals surface area contributed by atoms with Crippen molar-refractivity contribution in [2.75, 3.05) is 13.2 Å². The number of benzene rings is 1. The molecule has 19 heavy (non-hydrogen) atoms. The molecule has 0 aliphatic carbocycles. The van der Waals surface area contributed by atoms with Crippen LogP contribution in [0.1, 0.15) is 41.6 Å². The highest BCUT2D eigenvalue weighted by molar-refractivity contribution is 5.95. The van der Waals surface area contributed by atoms with E-state index in [4.69, 9.17) is 4.74 Å². The van der Waals surface area contributed by atoms with Crippen molar-refractivity contribution in [3.63, 3.8) is 0 Å². The van der Waals surface area contributed by atoms with Crippen molar-refractivity contribution in [1.82, 2.24) is 5.32 Å². The fourth-order valence-electron chi connectivity index (χ4n) is 2.38. The van der Waals surface area contributed by atoms with E-state index in [1.165, 1.54) is 12.5 Å². The molecule has 1 heterocycles. The Kier molecular flexibility index (Phi) is 4.80. The molecule has 2 rings (SSSR count). The van der Waals surface area contributed by atoms with Gasteiger partial charge in [0, 0.05) is 18.7 Å². The van der Waals surface area contributed by atoms with Gasteiger partial charge in [-0.3, -0.25) is 4.79 Å². The van der Waals surface area contributed by atoms with Crippen LogP contribution in [0.2, 0.25) is 0 Å². The van der Waals surface area contributed by atoms with Gasteiger partial charge in [0.15, 0.2) is 0 Å². The molecule has 0 bridgehead atoms. The van der Waals surface area contributed by atoms with E-state index in [0.717, 1.165) is 31.4 Å². The molecule has 4 nitrogen and oxygen atoms in total. The van der Waals surface area contributed by atoms with Crippen LogP contribution < -0.4 is 5.32 Å². The Bertz CT molecular complexity index is 439. The van der Waals surface area contributed by atoms with Crippen molar-refractivity contribution in [3.8, 4) is 5.75 Å². The Hall–Kier alpha value is -1.55. The number of aryl methyl sites for hydroxylation is 1. The molecule has 1 amide bonds. The lowest BCUT2D eigenvalue weighted by Gasteiger charge is -2.22. The van der Waals surface area contributed by atoms with E-state index in [0.29, 0.717) is 12.1 Å². The van der Waals surface area contributed by atoms with Gasteiger partial charge in [0.1, 0.15) is 5.75 Å². The number of hydrogen-bond acceptors (Lipinski definition) is 3. The Morgan fingerprint density at radius 1 is 1.47 bits per heavy atom. The zero-order chi connectivity index (χ0) is 13.7. The first kappa shape index (κ1) is 13.9. The number of aromatic hydroxyl groups is 1. The maximum Gasteiger partial charge on any atom is 0.251 e. The van der Waals surface area contributed by atoms with Gasteiger partial charge in [-0.15, -0.1) is 0 Å². The lowest BCUT2D eigenvalue weighted by molar-refractivity contribution is 0.0117. The smallest absolute Gasteiger partial charge is 0.251 e. The van der Waals surface area contributed by atoms with Crippen molar-refractivity contribution in [3.05, 3.63) is 29.3 Å². The summed E-state index contributed by atoms with van der Waals surface area (Å²) in [7, 11) is 0. The molecule has 0 saturated carbocycles. The lowest BCUT2D eigenvalue weighted by atomic mass is 10.1. The van der Waals surface area contributed by atoms with Gasteiger partial charge in [-0.1, -0.05) is 0 Å². The second-order valence-electron chi connectivity index (χ2n) is 5.03. The summed E-state index contributed by atoms with van der Waals surface area (Å²) in [6.07, 6.45) is 4.61. The second kappa shape index (κ2) is 6.57. The number of carbonyl (C=O) groups is 1. The van der Waals surface area contributed by atoms with Crippen LogP contribution >= 0.6 is 0 Å². The normalized spacial score (nSPS) is 19.1. The van der Waals surface area contributed by atoms with E-state index >= 15 is 0 Å². The number of carbonyl (C=O) groups excluding carboxylic acids is 1. The van der Waals surface area contributed by atoms with Crippen LogP contribution in [0, 0.1) is 6.92 Å². The molecule has 104 valence electrons. The first-order chi connectivity index (χ1) is 9.16. The Labute approximate surface area is 113 Å². The molecule has 0 spiro atoms. The molecule has 1 unspecified atom stereocenters. The van der Waals surface area contributed by atoms with Crippen LogP contribution in [0.5, 0.6) is 5.75 Å². The van der Waals surface area contributed by atoms with Gasteiger partial charge >= 0.3 is 0 Å². The quantitative estimate of drug-likeness (QED) is 0.877. The van der Waals surface area contributed by atoms with Crippen LogP contribution in [0.3, 0.4) is 0 Å². The summed E-state index contributed by atoms with van der Waals surface area (Å²) < 4.78 is 5.62. The van der Waals surface area contributed by atoms with Gasteiger partial charge in [-0.2, -0.15) is 0 Å². The van der Waals surface area contributed by atoms with E-state index in [-0.39, 0.29) is 17.8 Å². The summed E-state index contributed by atoms with van der Waals surface area (Å²) in [5.41, 5.74) is 1.40. The number of hydrogen-bond donors (Lipinski definition) is 2. The average Bonchev–Trinajstić information content (AvgIpc) is 2.39. The number of rotatable bonds is 4. The van der Waals surface area contributed by atoms with Crippen molar-refractivity contribution < 1.29 is 14.6 Å². The Balaban J connectivity index is 1.80. The number of phenols is 1. The van der Waals surface area contributed by atoms with Crippen LogP contribution in [-0.4, -0.2) is 30.3 Å².